The van der Waals surface area contributed by atoms with Crippen molar-refractivity contribution in [2.24, 2.45) is 17.8 Å². The minimum atomic E-state index is -0.0564. The van der Waals surface area contributed by atoms with Crippen molar-refractivity contribution in [3.05, 3.63) is 0 Å². The summed E-state index contributed by atoms with van der Waals surface area (Å²) in [6, 6.07) is 0. The molecular formula is C15H26NO2+. The molecule has 4 rings (SSSR count). The molecule has 0 spiro atoms. The number of esters is 1. The molecule has 0 aromatic rings. The Kier molecular flexibility index (Phi) is 3.13. The topological polar surface area (TPSA) is 30.7 Å². The summed E-state index contributed by atoms with van der Waals surface area (Å²) in [5, 5.41) is 0. The van der Waals surface area contributed by atoms with E-state index in [1.165, 1.54) is 45.6 Å². The maximum atomic E-state index is 11.3. The molecule has 3 heteroatoms. The molecule has 0 aliphatic heterocycles. The van der Waals surface area contributed by atoms with Crippen molar-refractivity contribution in [3.63, 3.8) is 0 Å². The average Bonchev–Trinajstić information content (AvgIpc) is 2.33. The quantitative estimate of drug-likeness (QED) is 0.758. The van der Waals surface area contributed by atoms with Gasteiger partial charge < -0.3 is 9.64 Å². The second kappa shape index (κ2) is 4.52. The molecule has 4 aliphatic rings. The molecule has 1 unspecified atom stereocenters. The minimum absolute atomic E-state index is 0.0564. The van der Waals surface area contributed by atoms with Crippen molar-refractivity contribution in [1.29, 1.82) is 0 Å². The Morgan fingerprint density at radius 3 is 2.11 bits per heavy atom. The first kappa shape index (κ1) is 12.5. The third-order valence-corrected chi connectivity index (χ3v) is 5.88. The fourth-order valence-corrected chi connectivity index (χ4v) is 5.29. The van der Waals surface area contributed by atoms with Gasteiger partial charge in [-0.2, -0.15) is 0 Å². The SMILES string of the molecule is COC(=O)CC[NH+](C)C12CC3CC(CC(C3)C1)C2. The summed E-state index contributed by atoms with van der Waals surface area (Å²) in [5.41, 5.74) is 0.503. The monoisotopic (exact) mass is 252 g/mol. The highest BCUT2D eigenvalue weighted by Crippen LogP contribution is 2.54. The Bertz CT molecular complexity index is 304. The standard InChI is InChI=1S/C15H25NO2/c1-16(4-3-14(17)18-2)15-8-11-5-12(9-15)7-13(6-11)10-15/h11-13H,3-10H2,1-2H3/p+1. The predicted octanol–water partition coefficient (Wildman–Crippen LogP) is 1.03. The van der Waals surface area contributed by atoms with Gasteiger partial charge >= 0.3 is 5.97 Å². The fourth-order valence-electron chi connectivity index (χ4n) is 5.29. The van der Waals surface area contributed by atoms with Gasteiger partial charge in [0.2, 0.25) is 0 Å². The zero-order valence-electron chi connectivity index (χ0n) is 11.7. The summed E-state index contributed by atoms with van der Waals surface area (Å²) in [6.07, 6.45) is 9.27. The molecule has 0 saturated heterocycles. The Hall–Kier alpha value is -0.570. The van der Waals surface area contributed by atoms with Crippen LogP contribution < -0.4 is 4.90 Å². The first-order chi connectivity index (χ1) is 8.61. The number of quaternary nitrogens is 1. The van der Waals surface area contributed by atoms with Crippen molar-refractivity contribution in [2.75, 3.05) is 20.7 Å². The molecule has 0 heterocycles. The number of carbonyl (C=O) groups is 1. The van der Waals surface area contributed by atoms with Crippen LogP contribution in [0.4, 0.5) is 0 Å². The molecule has 18 heavy (non-hydrogen) atoms. The smallest absolute Gasteiger partial charge is 0.311 e. The second-order valence-electron chi connectivity index (χ2n) is 7.05. The molecule has 102 valence electrons. The first-order valence-corrected chi connectivity index (χ1v) is 7.51. The molecular weight excluding hydrogens is 226 g/mol. The highest BCUT2D eigenvalue weighted by Gasteiger charge is 2.55. The highest BCUT2D eigenvalue weighted by atomic mass is 16.5. The zero-order chi connectivity index (χ0) is 12.8. The van der Waals surface area contributed by atoms with E-state index < -0.39 is 0 Å². The Labute approximate surface area is 110 Å². The lowest BCUT2D eigenvalue weighted by Crippen LogP contribution is -3.18. The van der Waals surface area contributed by atoms with E-state index in [0.29, 0.717) is 12.0 Å². The molecule has 4 bridgehead atoms. The minimum Gasteiger partial charge on any atom is -0.469 e. The van der Waals surface area contributed by atoms with Gasteiger partial charge in [0, 0.05) is 19.3 Å². The molecule has 1 atom stereocenters. The van der Waals surface area contributed by atoms with Crippen LogP contribution in [-0.2, 0) is 9.53 Å². The van der Waals surface area contributed by atoms with Crippen LogP contribution in [0, 0.1) is 17.8 Å². The second-order valence-corrected chi connectivity index (χ2v) is 7.05. The van der Waals surface area contributed by atoms with Gasteiger partial charge in [-0.3, -0.25) is 4.79 Å². The number of methoxy groups -OCH3 is 1. The van der Waals surface area contributed by atoms with Gasteiger partial charge in [-0.05, 0) is 37.0 Å². The Morgan fingerprint density at radius 1 is 1.17 bits per heavy atom. The summed E-state index contributed by atoms with van der Waals surface area (Å²) >= 11 is 0. The fraction of sp³-hybridized carbons (Fsp3) is 0.933. The van der Waals surface area contributed by atoms with Crippen LogP contribution in [0.3, 0.4) is 0 Å². The summed E-state index contributed by atoms with van der Waals surface area (Å²) in [7, 11) is 3.79. The van der Waals surface area contributed by atoms with Gasteiger partial charge in [-0.25, -0.2) is 0 Å². The summed E-state index contributed by atoms with van der Waals surface area (Å²) in [6.45, 7) is 0.943. The van der Waals surface area contributed by atoms with Gasteiger partial charge in [-0.1, -0.05) is 0 Å². The lowest BCUT2D eigenvalue weighted by atomic mass is 9.52. The third kappa shape index (κ3) is 2.07. The number of rotatable bonds is 4. The molecule has 4 fully saturated rings. The predicted molar refractivity (Wildman–Crippen MR) is 69.3 cm³/mol. The Balaban J connectivity index is 1.65. The maximum absolute atomic E-state index is 11.3. The normalized spacial score (nSPS) is 42.9. The highest BCUT2D eigenvalue weighted by molar-refractivity contribution is 5.69. The van der Waals surface area contributed by atoms with Gasteiger partial charge in [0.25, 0.3) is 0 Å². The molecule has 1 N–H and O–H groups in total. The number of hydrogen-bond acceptors (Lipinski definition) is 2. The number of carbonyl (C=O) groups excluding carboxylic acids is 1. The molecule has 3 nitrogen and oxygen atoms in total. The van der Waals surface area contributed by atoms with Crippen LogP contribution in [-0.4, -0.2) is 32.2 Å². The van der Waals surface area contributed by atoms with Gasteiger partial charge in [-0.15, -0.1) is 0 Å². The van der Waals surface area contributed by atoms with E-state index in [4.69, 9.17) is 4.74 Å². The van der Waals surface area contributed by atoms with Crippen molar-refractivity contribution in [1.82, 2.24) is 0 Å². The van der Waals surface area contributed by atoms with Crippen molar-refractivity contribution < 1.29 is 14.4 Å². The van der Waals surface area contributed by atoms with Crippen LogP contribution in [0.1, 0.15) is 44.9 Å². The number of nitrogens with one attached hydrogen (secondary N) is 1. The third-order valence-electron chi connectivity index (χ3n) is 5.88. The van der Waals surface area contributed by atoms with Crippen molar-refractivity contribution in [2.45, 2.75) is 50.5 Å². The largest absolute Gasteiger partial charge is 0.469 e. The number of hydrogen-bond donors (Lipinski definition) is 1. The summed E-state index contributed by atoms with van der Waals surface area (Å²) in [5.74, 6) is 2.91. The van der Waals surface area contributed by atoms with Crippen LogP contribution in [0.2, 0.25) is 0 Å². The zero-order valence-corrected chi connectivity index (χ0v) is 11.7. The molecule has 0 amide bonds. The van der Waals surface area contributed by atoms with Gasteiger partial charge in [0.1, 0.15) is 0 Å². The summed E-state index contributed by atoms with van der Waals surface area (Å²) < 4.78 is 4.77. The van der Waals surface area contributed by atoms with Crippen molar-refractivity contribution in [3.8, 4) is 0 Å². The molecule has 0 radical (unpaired) electrons. The first-order valence-electron chi connectivity index (χ1n) is 7.51. The lowest BCUT2D eigenvalue weighted by Gasteiger charge is -2.57. The van der Waals surface area contributed by atoms with E-state index in [9.17, 15) is 4.79 Å². The van der Waals surface area contributed by atoms with Crippen LogP contribution >= 0.6 is 0 Å². The van der Waals surface area contributed by atoms with E-state index in [1.807, 2.05) is 0 Å². The van der Waals surface area contributed by atoms with E-state index in [2.05, 4.69) is 7.05 Å². The van der Waals surface area contributed by atoms with Gasteiger partial charge in [0.05, 0.1) is 32.7 Å². The maximum Gasteiger partial charge on any atom is 0.311 e. The van der Waals surface area contributed by atoms with E-state index in [0.717, 1.165) is 24.3 Å². The molecule has 4 aliphatic carbocycles. The van der Waals surface area contributed by atoms with Crippen LogP contribution in [0.25, 0.3) is 0 Å². The van der Waals surface area contributed by atoms with E-state index >= 15 is 0 Å². The van der Waals surface area contributed by atoms with Gasteiger partial charge in [0.15, 0.2) is 0 Å². The number of ether oxygens (including phenoxy) is 1. The van der Waals surface area contributed by atoms with Crippen LogP contribution in [0.5, 0.6) is 0 Å². The Morgan fingerprint density at radius 2 is 1.67 bits per heavy atom. The molecule has 0 aromatic carbocycles. The van der Waals surface area contributed by atoms with E-state index in [-0.39, 0.29) is 5.97 Å². The van der Waals surface area contributed by atoms with E-state index in [1.54, 1.807) is 4.90 Å². The molecule has 0 aromatic heterocycles. The lowest BCUT2D eigenvalue weighted by molar-refractivity contribution is -0.940. The molecule has 4 saturated carbocycles. The van der Waals surface area contributed by atoms with Crippen LogP contribution in [0.15, 0.2) is 0 Å². The summed E-state index contributed by atoms with van der Waals surface area (Å²) in [4.78, 5) is 12.9. The average molecular weight is 252 g/mol. The van der Waals surface area contributed by atoms with Crippen molar-refractivity contribution >= 4 is 5.97 Å².